The van der Waals surface area contributed by atoms with E-state index in [9.17, 15) is 9.18 Å². The van der Waals surface area contributed by atoms with Crippen LogP contribution in [0.3, 0.4) is 0 Å². The molecule has 0 heterocycles. The quantitative estimate of drug-likeness (QED) is 0.844. The number of amides is 1. The molecule has 0 saturated carbocycles. The molecule has 2 rings (SSSR count). The van der Waals surface area contributed by atoms with Gasteiger partial charge in [-0.3, -0.25) is 4.79 Å². The number of anilines is 2. The van der Waals surface area contributed by atoms with Crippen LogP contribution in [0.1, 0.15) is 6.42 Å². The first-order valence-electron chi connectivity index (χ1n) is 6.29. The molecule has 2 aromatic carbocycles. The minimum absolute atomic E-state index is 0.193. The molecule has 0 unspecified atom stereocenters. The average Bonchev–Trinajstić information content (AvgIpc) is 2.39. The van der Waals surface area contributed by atoms with Gasteiger partial charge in [0.25, 0.3) is 0 Å². The lowest BCUT2D eigenvalue weighted by Crippen LogP contribution is -2.16. The maximum absolute atomic E-state index is 13.4. The van der Waals surface area contributed by atoms with Gasteiger partial charge in [0.05, 0.1) is 5.69 Å². The summed E-state index contributed by atoms with van der Waals surface area (Å²) in [7, 11) is 0. The van der Waals surface area contributed by atoms with Crippen LogP contribution in [0.4, 0.5) is 15.8 Å². The number of benzene rings is 2. The second-order valence-corrected chi connectivity index (χ2v) is 5.24. The standard InChI is InChI=1S/C15H13Cl2FN2O/c16-10-7-11(17)9-12(8-10)20-15(21)5-6-19-14-4-2-1-3-13(14)18/h1-4,7-9,19H,5-6H2,(H,20,21). The summed E-state index contributed by atoms with van der Waals surface area (Å²) in [4.78, 5) is 11.8. The van der Waals surface area contributed by atoms with Crippen LogP contribution in [0, 0.1) is 5.82 Å². The molecule has 110 valence electrons. The lowest BCUT2D eigenvalue weighted by atomic mass is 10.3. The van der Waals surface area contributed by atoms with Gasteiger partial charge in [0.2, 0.25) is 5.91 Å². The molecule has 0 aliphatic rings. The Hall–Kier alpha value is -1.78. The van der Waals surface area contributed by atoms with Crippen molar-refractivity contribution >= 4 is 40.5 Å². The van der Waals surface area contributed by atoms with Crippen LogP contribution < -0.4 is 10.6 Å². The minimum atomic E-state index is -0.348. The normalized spacial score (nSPS) is 10.2. The van der Waals surface area contributed by atoms with E-state index in [0.29, 0.717) is 28.0 Å². The molecule has 1 amide bonds. The molecule has 21 heavy (non-hydrogen) atoms. The van der Waals surface area contributed by atoms with Crippen LogP contribution in [0.15, 0.2) is 42.5 Å². The molecule has 0 saturated heterocycles. The zero-order valence-corrected chi connectivity index (χ0v) is 12.5. The maximum Gasteiger partial charge on any atom is 0.226 e. The Bertz CT molecular complexity index is 629. The van der Waals surface area contributed by atoms with Gasteiger partial charge in [-0.15, -0.1) is 0 Å². The van der Waals surface area contributed by atoms with Crippen molar-refractivity contribution in [3.63, 3.8) is 0 Å². The summed E-state index contributed by atoms with van der Waals surface area (Å²) >= 11 is 11.7. The van der Waals surface area contributed by atoms with Gasteiger partial charge >= 0.3 is 0 Å². The number of para-hydroxylation sites is 1. The molecule has 2 N–H and O–H groups in total. The second kappa shape index (κ2) is 7.29. The van der Waals surface area contributed by atoms with Gasteiger partial charge in [0.1, 0.15) is 5.82 Å². The molecule has 0 aliphatic carbocycles. The summed E-state index contributed by atoms with van der Waals surface area (Å²) in [6.07, 6.45) is 0.193. The molecule has 3 nitrogen and oxygen atoms in total. The summed E-state index contributed by atoms with van der Waals surface area (Å²) in [5.41, 5.74) is 0.902. The summed E-state index contributed by atoms with van der Waals surface area (Å²) < 4.78 is 13.4. The first-order valence-corrected chi connectivity index (χ1v) is 7.04. The van der Waals surface area contributed by atoms with Crippen molar-refractivity contribution in [1.29, 1.82) is 0 Å². The van der Waals surface area contributed by atoms with Crippen molar-refractivity contribution in [3.05, 3.63) is 58.3 Å². The number of hydrogen-bond acceptors (Lipinski definition) is 2. The zero-order chi connectivity index (χ0) is 15.2. The molecule has 0 spiro atoms. The van der Waals surface area contributed by atoms with Crippen molar-refractivity contribution in [1.82, 2.24) is 0 Å². The predicted octanol–water partition coefficient (Wildman–Crippen LogP) is 4.57. The van der Waals surface area contributed by atoms with E-state index in [-0.39, 0.29) is 18.1 Å². The Kier molecular flexibility index (Phi) is 5.42. The smallest absolute Gasteiger partial charge is 0.226 e. The zero-order valence-electron chi connectivity index (χ0n) is 11.0. The Morgan fingerprint density at radius 3 is 2.43 bits per heavy atom. The Balaban J connectivity index is 1.84. The van der Waals surface area contributed by atoms with Gasteiger partial charge in [-0.1, -0.05) is 35.3 Å². The molecule has 0 radical (unpaired) electrons. The van der Waals surface area contributed by atoms with E-state index >= 15 is 0 Å². The van der Waals surface area contributed by atoms with Crippen molar-refractivity contribution in [3.8, 4) is 0 Å². The predicted molar refractivity (Wildman–Crippen MR) is 84.6 cm³/mol. The number of hydrogen-bond donors (Lipinski definition) is 2. The molecule has 0 aliphatic heterocycles. The Morgan fingerprint density at radius 2 is 1.76 bits per heavy atom. The fraction of sp³-hybridized carbons (Fsp3) is 0.133. The van der Waals surface area contributed by atoms with Crippen LogP contribution in [-0.4, -0.2) is 12.5 Å². The van der Waals surface area contributed by atoms with E-state index in [0.717, 1.165) is 0 Å². The largest absolute Gasteiger partial charge is 0.382 e. The highest BCUT2D eigenvalue weighted by Gasteiger charge is 2.05. The molecule has 0 bridgehead atoms. The van der Waals surface area contributed by atoms with Crippen LogP contribution in [0.25, 0.3) is 0 Å². The molecular formula is C15H13Cl2FN2O. The lowest BCUT2D eigenvalue weighted by Gasteiger charge is -2.08. The topological polar surface area (TPSA) is 41.1 Å². The van der Waals surface area contributed by atoms with Gasteiger partial charge in [-0.25, -0.2) is 4.39 Å². The Labute approximate surface area is 132 Å². The third-order valence-electron chi connectivity index (χ3n) is 2.69. The van der Waals surface area contributed by atoms with E-state index in [1.54, 1.807) is 36.4 Å². The highest BCUT2D eigenvalue weighted by molar-refractivity contribution is 6.35. The van der Waals surface area contributed by atoms with E-state index in [4.69, 9.17) is 23.2 Å². The van der Waals surface area contributed by atoms with Crippen molar-refractivity contribution < 1.29 is 9.18 Å². The van der Waals surface area contributed by atoms with Crippen molar-refractivity contribution in [2.75, 3.05) is 17.2 Å². The highest BCUT2D eigenvalue weighted by atomic mass is 35.5. The van der Waals surface area contributed by atoms with Crippen LogP contribution in [0.2, 0.25) is 10.0 Å². The molecular weight excluding hydrogens is 314 g/mol. The van der Waals surface area contributed by atoms with E-state index in [1.807, 2.05) is 0 Å². The molecule has 0 atom stereocenters. The monoisotopic (exact) mass is 326 g/mol. The summed E-state index contributed by atoms with van der Waals surface area (Å²) in [6, 6.07) is 11.1. The van der Waals surface area contributed by atoms with E-state index in [2.05, 4.69) is 10.6 Å². The van der Waals surface area contributed by atoms with Gasteiger partial charge < -0.3 is 10.6 Å². The van der Waals surface area contributed by atoms with Crippen molar-refractivity contribution in [2.45, 2.75) is 6.42 Å². The number of carbonyl (C=O) groups is 1. The number of carbonyl (C=O) groups excluding carboxylic acids is 1. The second-order valence-electron chi connectivity index (χ2n) is 4.36. The van der Waals surface area contributed by atoms with Crippen molar-refractivity contribution in [2.24, 2.45) is 0 Å². The SMILES string of the molecule is O=C(CCNc1ccccc1F)Nc1cc(Cl)cc(Cl)c1. The summed E-state index contributed by atoms with van der Waals surface area (Å²) in [5, 5.41) is 6.44. The van der Waals surface area contributed by atoms with Crippen LogP contribution in [0.5, 0.6) is 0 Å². The maximum atomic E-state index is 13.4. The van der Waals surface area contributed by atoms with Gasteiger partial charge in [0, 0.05) is 28.7 Å². The fourth-order valence-electron chi connectivity index (χ4n) is 1.76. The number of halogens is 3. The Morgan fingerprint density at radius 1 is 1.10 bits per heavy atom. The lowest BCUT2D eigenvalue weighted by molar-refractivity contribution is -0.115. The van der Waals surface area contributed by atoms with Gasteiger partial charge in [0.15, 0.2) is 0 Å². The number of rotatable bonds is 5. The number of nitrogens with one attached hydrogen (secondary N) is 2. The summed E-state index contributed by atoms with van der Waals surface area (Å²) in [6.45, 7) is 0.321. The van der Waals surface area contributed by atoms with Gasteiger partial charge in [-0.05, 0) is 30.3 Å². The average molecular weight is 327 g/mol. The molecule has 0 fully saturated rings. The fourth-order valence-corrected chi connectivity index (χ4v) is 2.29. The van der Waals surface area contributed by atoms with Crippen LogP contribution in [-0.2, 0) is 4.79 Å². The van der Waals surface area contributed by atoms with E-state index in [1.165, 1.54) is 6.07 Å². The third kappa shape index (κ3) is 4.92. The first-order chi connectivity index (χ1) is 10.0. The van der Waals surface area contributed by atoms with Gasteiger partial charge in [-0.2, -0.15) is 0 Å². The molecule has 6 heteroatoms. The highest BCUT2D eigenvalue weighted by Crippen LogP contribution is 2.22. The summed E-state index contributed by atoms with van der Waals surface area (Å²) in [5.74, 6) is -0.559. The van der Waals surface area contributed by atoms with E-state index < -0.39 is 0 Å². The molecule has 2 aromatic rings. The van der Waals surface area contributed by atoms with Crippen LogP contribution >= 0.6 is 23.2 Å². The first kappa shape index (κ1) is 15.6. The molecule has 0 aromatic heterocycles. The minimum Gasteiger partial charge on any atom is -0.382 e. The third-order valence-corrected chi connectivity index (χ3v) is 3.12.